The molecule has 1 heterocycles. The third kappa shape index (κ3) is 5.04. The van der Waals surface area contributed by atoms with Crippen LogP contribution in [0.25, 0.3) is 0 Å². The summed E-state index contributed by atoms with van der Waals surface area (Å²) in [5.41, 5.74) is 5.77. The van der Waals surface area contributed by atoms with Gasteiger partial charge in [0.1, 0.15) is 17.2 Å². The first-order valence-corrected chi connectivity index (χ1v) is 13.2. The van der Waals surface area contributed by atoms with Gasteiger partial charge >= 0.3 is 0 Å². The summed E-state index contributed by atoms with van der Waals surface area (Å²) in [6.07, 6.45) is 7.81. The zero-order chi connectivity index (χ0) is 23.8. The summed E-state index contributed by atoms with van der Waals surface area (Å²) < 4.78 is 12.7. The second-order valence-electron chi connectivity index (χ2n) is 9.96. The van der Waals surface area contributed by atoms with E-state index in [9.17, 15) is 4.79 Å². The lowest BCUT2D eigenvalue weighted by Gasteiger charge is -2.25. The molecule has 2 saturated carbocycles. The van der Waals surface area contributed by atoms with Crippen molar-refractivity contribution in [2.45, 2.75) is 56.8 Å². The highest BCUT2D eigenvalue weighted by atomic mass is 35.5. The molecule has 1 N–H and O–H groups in total. The zero-order valence-corrected chi connectivity index (χ0v) is 20.6. The Balaban J connectivity index is 1.17. The zero-order valence-electron chi connectivity index (χ0n) is 19.8. The Hall–Kier alpha value is -2.98. The Morgan fingerprint density at radius 3 is 2.46 bits per heavy atom. The largest absolute Gasteiger partial charge is 0.493 e. The van der Waals surface area contributed by atoms with Gasteiger partial charge in [0, 0.05) is 22.7 Å². The number of benzene rings is 3. The molecule has 2 aliphatic carbocycles. The molecule has 0 aromatic heterocycles. The Kier molecular flexibility index (Phi) is 6.15. The van der Waals surface area contributed by atoms with Gasteiger partial charge in [-0.15, -0.1) is 0 Å². The summed E-state index contributed by atoms with van der Waals surface area (Å²) in [7, 11) is 0. The Labute approximate surface area is 211 Å². The molecule has 0 bridgehead atoms. The van der Waals surface area contributed by atoms with Gasteiger partial charge in [-0.25, -0.2) is 0 Å². The molecule has 0 atom stereocenters. The number of rotatable bonds is 8. The number of carbonyl (C=O) groups excluding carboxylic acids is 1. The minimum atomic E-state index is -0.0787. The average molecular weight is 488 g/mol. The molecule has 0 saturated heterocycles. The van der Waals surface area contributed by atoms with Crippen molar-refractivity contribution in [2.75, 3.05) is 13.2 Å². The van der Waals surface area contributed by atoms with Gasteiger partial charge in [-0.2, -0.15) is 0 Å². The number of carbonyl (C=O) groups is 1. The normalized spacial score (nSPS) is 16.8. The van der Waals surface area contributed by atoms with E-state index in [1.807, 2.05) is 48.5 Å². The van der Waals surface area contributed by atoms with Gasteiger partial charge in [-0.1, -0.05) is 23.7 Å². The van der Waals surface area contributed by atoms with E-state index < -0.39 is 0 Å². The maximum absolute atomic E-state index is 12.6. The second-order valence-corrected chi connectivity index (χ2v) is 10.4. The van der Waals surface area contributed by atoms with Crippen LogP contribution in [0.1, 0.15) is 76.6 Å². The van der Waals surface area contributed by atoms with Crippen molar-refractivity contribution in [3.8, 4) is 17.2 Å². The first-order chi connectivity index (χ1) is 17.2. The van der Waals surface area contributed by atoms with Crippen LogP contribution in [0.2, 0.25) is 5.02 Å². The van der Waals surface area contributed by atoms with E-state index in [-0.39, 0.29) is 5.91 Å². The van der Waals surface area contributed by atoms with Crippen molar-refractivity contribution in [3.05, 3.63) is 87.4 Å². The van der Waals surface area contributed by atoms with E-state index in [0.717, 1.165) is 53.7 Å². The minimum Gasteiger partial charge on any atom is -0.493 e. The molecule has 0 spiro atoms. The molecule has 6 rings (SSSR count). The fourth-order valence-corrected chi connectivity index (χ4v) is 5.09. The summed E-state index contributed by atoms with van der Waals surface area (Å²) in [4.78, 5) is 12.6. The molecule has 35 heavy (non-hydrogen) atoms. The number of hydrogen-bond donors (Lipinski definition) is 1. The van der Waals surface area contributed by atoms with E-state index >= 15 is 0 Å². The van der Waals surface area contributed by atoms with E-state index in [1.54, 1.807) is 0 Å². The third-order valence-electron chi connectivity index (χ3n) is 7.16. The molecular weight excluding hydrogens is 458 g/mol. The summed E-state index contributed by atoms with van der Waals surface area (Å²) >= 11 is 5.94. The fraction of sp³-hybridized carbons (Fsp3) is 0.367. The van der Waals surface area contributed by atoms with Gasteiger partial charge in [0.25, 0.3) is 5.91 Å². The Bertz CT molecular complexity index is 1230. The van der Waals surface area contributed by atoms with Crippen LogP contribution in [0.4, 0.5) is 0 Å². The number of nitrogens with one attached hydrogen (secondary N) is 1. The molecule has 0 radical (unpaired) electrons. The predicted molar refractivity (Wildman–Crippen MR) is 138 cm³/mol. The van der Waals surface area contributed by atoms with Crippen LogP contribution in [0.3, 0.4) is 0 Å². The number of halogens is 1. The van der Waals surface area contributed by atoms with Crippen LogP contribution in [0, 0.1) is 0 Å². The lowest BCUT2D eigenvalue weighted by Crippen LogP contribution is -2.25. The first-order valence-electron chi connectivity index (χ1n) is 12.8. The maximum Gasteiger partial charge on any atom is 0.251 e. The van der Waals surface area contributed by atoms with Gasteiger partial charge in [0.2, 0.25) is 0 Å². The van der Waals surface area contributed by atoms with Crippen LogP contribution in [-0.4, -0.2) is 19.1 Å². The average Bonchev–Trinajstić information content (AvgIpc) is 3.79. The molecule has 3 aliphatic rings. The molecule has 0 unspecified atom stereocenters. The topological polar surface area (TPSA) is 47.6 Å². The first kappa shape index (κ1) is 22.5. The van der Waals surface area contributed by atoms with Crippen LogP contribution in [0.5, 0.6) is 17.2 Å². The molecule has 2 fully saturated rings. The highest BCUT2D eigenvalue weighted by Crippen LogP contribution is 2.56. The summed E-state index contributed by atoms with van der Waals surface area (Å²) in [5, 5.41) is 3.72. The van der Waals surface area contributed by atoms with Gasteiger partial charge in [-0.3, -0.25) is 4.79 Å². The fourth-order valence-electron chi connectivity index (χ4n) is 4.96. The summed E-state index contributed by atoms with van der Waals surface area (Å²) in [5.74, 6) is 3.92. The van der Waals surface area contributed by atoms with Gasteiger partial charge in [0.05, 0.1) is 6.61 Å². The molecule has 1 aliphatic heterocycles. The molecule has 180 valence electrons. The predicted octanol–water partition coefficient (Wildman–Crippen LogP) is 7.18. The Morgan fingerprint density at radius 2 is 1.74 bits per heavy atom. The second kappa shape index (κ2) is 9.58. The Morgan fingerprint density at radius 1 is 1.00 bits per heavy atom. The van der Waals surface area contributed by atoms with E-state index in [1.165, 1.54) is 42.4 Å². The van der Waals surface area contributed by atoms with Gasteiger partial charge < -0.3 is 14.8 Å². The lowest BCUT2D eigenvalue weighted by atomic mass is 9.93. The molecule has 1 amide bonds. The molecule has 3 aromatic carbocycles. The highest BCUT2D eigenvalue weighted by molar-refractivity contribution is 6.30. The smallest absolute Gasteiger partial charge is 0.251 e. The number of fused-ring (bicyclic) bond motifs is 1. The van der Waals surface area contributed by atoms with Crippen LogP contribution in [-0.2, 0) is 12.8 Å². The maximum atomic E-state index is 12.6. The quantitative estimate of drug-likeness (QED) is 0.366. The monoisotopic (exact) mass is 487 g/mol. The molecular formula is C30H30ClNO3. The van der Waals surface area contributed by atoms with Crippen LogP contribution >= 0.6 is 11.6 Å². The summed E-state index contributed by atoms with van der Waals surface area (Å²) in [6, 6.07) is 17.5. The third-order valence-corrected chi connectivity index (χ3v) is 7.41. The van der Waals surface area contributed by atoms with Crippen molar-refractivity contribution in [2.24, 2.45) is 0 Å². The van der Waals surface area contributed by atoms with Crippen molar-refractivity contribution >= 4 is 17.5 Å². The standard InChI is InChI=1S/C30H30ClNO3/c31-24-11-3-19(4-12-24)15-16-32-30(33)22-9-13-25(14-10-22)35-29-26(20-5-6-20)18-23-2-1-17-34-28(23)27(29)21-7-8-21/h3-4,9-14,18,20-21H,1-2,5-8,15-17H2,(H,32,33). The molecule has 5 heteroatoms. The number of ether oxygens (including phenoxy) is 2. The van der Waals surface area contributed by atoms with Crippen LogP contribution in [0.15, 0.2) is 54.6 Å². The van der Waals surface area contributed by atoms with Gasteiger partial charge in [0.15, 0.2) is 0 Å². The highest BCUT2D eigenvalue weighted by Gasteiger charge is 2.38. The van der Waals surface area contributed by atoms with Crippen LogP contribution < -0.4 is 14.8 Å². The van der Waals surface area contributed by atoms with E-state index in [0.29, 0.717) is 23.9 Å². The minimum absolute atomic E-state index is 0.0787. The SMILES string of the molecule is O=C(NCCc1ccc(Cl)cc1)c1ccc(Oc2c(C3CC3)cc3c(c2C2CC2)OCCC3)cc1. The summed E-state index contributed by atoms with van der Waals surface area (Å²) in [6.45, 7) is 1.36. The number of aryl methyl sites for hydroxylation is 1. The number of hydrogen-bond acceptors (Lipinski definition) is 3. The van der Waals surface area contributed by atoms with Crippen molar-refractivity contribution in [1.29, 1.82) is 0 Å². The molecule has 4 nitrogen and oxygen atoms in total. The van der Waals surface area contributed by atoms with Crippen molar-refractivity contribution in [1.82, 2.24) is 5.32 Å². The van der Waals surface area contributed by atoms with Crippen molar-refractivity contribution < 1.29 is 14.3 Å². The van der Waals surface area contributed by atoms with E-state index in [2.05, 4.69) is 11.4 Å². The van der Waals surface area contributed by atoms with Gasteiger partial charge in [-0.05, 0) is 116 Å². The lowest BCUT2D eigenvalue weighted by molar-refractivity contribution is 0.0954. The van der Waals surface area contributed by atoms with E-state index in [4.69, 9.17) is 21.1 Å². The van der Waals surface area contributed by atoms with Crippen molar-refractivity contribution in [3.63, 3.8) is 0 Å². The number of amides is 1. The molecule has 3 aromatic rings.